The van der Waals surface area contributed by atoms with Crippen molar-refractivity contribution < 1.29 is 9.59 Å². The van der Waals surface area contributed by atoms with Gasteiger partial charge in [0.15, 0.2) is 0 Å². The van der Waals surface area contributed by atoms with E-state index in [9.17, 15) is 9.59 Å². The van der Waals surface area contributed by atoms with Crippen LogP contribution in [0, 0.1) is 12.8 Å². The van der Waals surface area contributed by atoms with E-state index in [-0.39, 0.29) is 5.92 Å². The summed E-state index contributed by atoms with van der Waals surface area (Å²) in [5, 5.41) is 6.45. The molecule has 0 aliphatic rings. The number of carbonyl (C=O) groups excluding carboxylic acids is 2. The number of fused-ring (bicyclic) bond motifs is 1. The van der Waals surface area contributed by atoms with Crippen molar-refractivity contribution in [2.24, 2.45) is 11.7 Å². The highest BCUT2D eigenvalue weighted by molar-refractivity contribution is 5.86. The minimum atomic E-state index is -0.671. The Balaban J connectivity index is 1.95. The zero-order valence-electron chi connectivity index (χ0n) is 13.1. The molecule has 0 fully saturated rings. The summed E-state index contributed by atoms with van der Waals surface area (Å²) in [4.78, 5) is 26.4. The first-order valence-electron chi connectivity index (χ1n) is 7.28. The highest BCUT2D eigenvalue weighted by atomic mass is 16.2. The van der Waals surface area contributed by atoms with Crippen LogP contribution >= 0.6 is 0 Å². The zero-order valence-corrected chi connectivity index (χ0v) is 13.1. The number of amides is 3. The van der Waals surface area contributed by atoms with Crippen molar-refractivity contribution in [1.82, 2.24) is 15.6 Å². The number of primary amides is 1. The second-order valence-electron chi connectivity index (χ2n) is 5.83. The molecule has 1 heterocycles. The summed E-state index contributed by atoms with van der Waals surface area (Å²) in [5.74, 6) is -0.586. The average Bonchev–Trinajstić information content (AvgIpc) is 2.81. The quantitative estimate of drug-likeness (QED) is 0.677. The molecular formula is C16H22N4O2. The summed E-state index contributed by atoms with van der Waals surface area (Å²) in [6.45, 7) is 6.05. The second kappa shape index (κ2) is 6.51. The molecule has 1 atom stereocenters. The van der Waals surface area contributed by atoms with Crippen molar-refractivity contribution in [3.05, 3.63) is 35.5 Å². The number of aromatic nitrogens is 1. The summed E-state index contributed by atoms with van der Waals surface area (Å²) in [7, 11) is 0. The van der Waals surface area contributed by atoms with Crippen LogP contribution in [0.25, 0.3) is 10.9 Å². The molecule has 6 heteroatoms. The Kier molecular flexibility index (Phi) is 4.70. The lowest BCUT2D eigenvalue weighted by Crippen LogP contribution is -2.50. The van der Waals surface area contributed by atoms with Crippen LogP contribution in [0.1, 0.15) is 25.1 Å². The maximum absolute atomic E-state index is 11.9. The minimum Gasteiger partial charge on any atom is -0.368 e. The first kappa shape index (κ1) is 15.9. The van der Waals surface area contributed by atoms with Crippen LogP contribution in [0.15, 0.2) is 24.3 Å². The van der Waals surface area contributed by atoms with Gasteiger partial charge in [0.05, 0.1) is 0 Å². The second-order valence-corrected chi connectivity index (χ2v) is 5.83. The minimum absolute atomic E-state index is 0.0533. The van der Waals surface area contributed by atoms with E-state index in [1.54, 1.807) is 0 Å². The maximum atomic E-state index is 11.9. The third-order valence-corrected chi connectivity index (χ3v) is 3.53. The average molecular weight is 302 g/mol. The topological polar surface area (TPSA) is 100 Å². The van der Waals surface area contributed by atoms with Gasteiger partial charge in [-0.05, 0) is 42.0 Å². The van der Waals surface area contributed by atoms with Crippen molar-refractivity contribution in [2.45, 2.75) is 33.4 Å². The Morgan fingerprint density at radius 1 is 1.27 bits per heavy atom. The Hall–Kier alpha value is -2.50. The number of carbonyl (C=O) groups is 2. The van der Waals surface area contributed by atoms with Crippen LogP contribution in [0.2, 0.25) is 0 Å². The van der Waals surface area contributed by atoms with Crippen LogP contribution in [-0.4, -0.2) is 23.0 Å². The lowest BCUT2D eigenvalue weighted by molar-refractivity contribution is -0.120. The van der Waals surface area contributed by atoms with Crippen molar-refractivity contribution in [1.29, 1.82) is 0 Å². The van der Waals surface area contributed by atoms with E-state index in [1.165, 1.54) is 0 Å². The van der Waals surface area contributed by atoms with Gasteiger partial charge in [0.25, 0.3) is 0 Å². The Morgan fingerprint density at radius 2 is 2.00 bits per heavy atom. The van der Waals surface area contributed by atoms with E-state index in [4.69, 9.17) is 5.73 Å². The summed E-state index contributed by atoms with van der Waals surface area (Å²) < 4.78 is 0. The third-order valence-electron chi connectivity index (χ3n) is 3.53. The van der Waals surface area contributed by atoms with Gasteiger partial charge in [0.2, 0.25) is 5.91 Å². The first-order valence-corrected chi connectivity index (χ1v) is 7.28. The molecule has 0 bridgehead atoms. The Labute approximate surface area is 129 Å². The van der Waals surface area contributed by atoms with Gasteiger partial charge in [-0.1, -0.05) is 19.9 Å². The summed E-state index contributed by atoms with van der Waals surface area (Å²) in [5.41, 5.74) is 8.43. The largest absolute Gasteiger partial charge is 0.368 e. The molecule has 1 aromatic heterocycles. The van der Waals surface area contributed by atoms with Gasteiger partial charge in [0, 0.05) is 17.8 Å². The van der Waals surface area contributed by atoms with Gasteiger partial charge in [-0.3, -0.25) is 4.79 Å². The standard InChI is InChI=1S/C16H22N4O2/c1-9(2)14(15(17)21)20-16(22)18-8-11-4-5-13-12(7-11)6-10(3)19-13/h4-7,9,14,19H,8H2,1-3H3,(H2,17,21)(H2,18,20,22)/t14-/m0/s1. The summed E-state index contributed by atoms with van der Waals surface area (Å²) >= 11 is 0. The van der Waals surface area contributed by atoms with E-state index in [0.29, 0.717) is 6.54 Å². The number of urea groups is 1. The van der Waals surface area contributed by atoms with E-state index >= 15 is 0 Å². The van der Waals surface area contributed by atoms with E-state index in [0.717, 1.165) is 22.2 Å². The van der Waals surface area contributed by atoms with Crippen LogP contribution in [0.4, 0.5) is 4.79 Å². The number of nitrogens with one attached hydrogen (secondary N) is 3. The van der Waals surface area contributed by atoms with Crippen molar-refractivity contribution >= 4 is 22.8 Å². The molecule has 0 unspecified atom stereocenters. The number of rotatable bonds is 5. The lowest BCUT2D eigenvalue weighted by atomic mass is 10.0. The van der Waals surface area contributed by atoms with Crippen molar-refractivity contribution in [3.63, 3.8) is 0 Å². The molecule has 3 amide bonds. The molecule has 0 radical (unpaired) electrons. The number of aryl methyl sites for hydroxylation is 1. The highest BCUT2D eigenvalue weighted by Crippen LogP contribution is 2.16. The fourth-order valence-corrected chi connectivity index (χ4v) is 2.38. The van der Waals surface area contributed by atoms with Crippen LogP contribution in [-0.2, 0) is 11.3 Å². The fraction of sp³-hybridized carbons (Fsp3) is 0.375. The molecule has 5 N–H and O–H groups in total. The molecule has 0 saturated heterocycles. The fourth-order valence-electron chi connectivity index (χ4n) is 2.38. The molecule has 0 aliphatic carbocycles. The Bertz CT molecular complexity index is 691. The molecule has 118 valence electrons. The van der Waals surface area contributed by atoms with Crippen molar-refractivity contribution in [2.75, 3.05) is 0 Å². The molecule has 1 aromatic carbocycles. The van der Waals surface area contributed by atoms with E-state index < -0.39 is 18.0 Å². The van der Waals surface area contributed by atoms with Crippen LogP contribution < -0.4 is 16.4 Å². The van der Waals surface area contributed by atoms with Gasteiger partial charge >= 0.3 is 6.03 Å². The van der Waals surface area contributed by atoms with E-state index in [1.807, 2.05) is 39.0 Å². The molecule has 0 saturated carbocycles. The molecule has 0 spiro atoms. The summed E-state index contributed by atoms with van der Waals surface area (Å²) in [6, 6.07) is 6.94. The lowest BCUT2D eigenvalue weighted by Gasteiger charge is -2.19. The predicted octanol–water partition coefficient (Wildman–Crippen LogP) is 1.79. The highest BCUT2D eigenvalue weighted by Gasteiger charge is 2.21. The molecule has 22 heavy (non-hydrogen) atoms. The number of hydrogen-bond acceptors (Lipinski definition) is 2. The third kappa shape index (κ3) is 3.78. The zero-order chi connectivity index (χ0) is 16.3. The maximum Gasteiger partial charge on any atom is 0.315 e. The molecule has 2 aromatic rings. The van der Waals surface area contributed by atoms with Crippen molar-refractivity contribution in [3.8, 4) is 0 Å². The predicted molar refractivity (Wildman–Crippen MR) is 86.2 cm³/mol. The number of nitrogens with two attached hydrogens (primary N) is 1. The van der Waals surface area contributed by atoms with Gasteiger partial charge < -0.3 is 21.4 Å². The summed E-state index contributed by atoms with van der Waals surface area (Å²) in [6.07, 6.45) is 0. The van der Waals surface area contributed by atoms with Gasteiger partial charge in [-0.15, -0.1) is 0 Å². The van der Waals surface area contributed by atoms with Gasteiger partial charge in [-0.25, -0.2) is 4.79 Å². The molecule has 0 aliphatic heterocycles. The van der Waals surface area contributed by atoms with Gasteiger partial charge in [-0.2, -0.15) is 0 Å². The number of H-pyrrole nitrogens is 1. The monoisotopic (exact) mass is 302 g/mol. The number of aromatic amines is 1. The van der Waals surface area contributed by atoms with Crippen LogP contribution in [0.5, 0.6) is 0 Å². The molecule has 2 rings (SSSR count). The first-order chi connectivity index (χ1) is 10.4. The SMILES string of the molecule is Cc1cc2cc(CNC(=O)N[C@H](C(N)=O)C(C)C)ccc2[nH]1. The van der Waals surface area contributed by atoms with Gasteiger partial charge in [0.1, 0.15) is 6.04 Å². The molecular weight excluding hydrogens is 280 g/mol. The number of benzene rings is 1. The number of hydrogen-bond donors (Lipinski definition) is 4. The smallest absolute Gasteiger partial charge is 0.315 e. The van der Waals surface area contributed by atoms with Crippen LogP contribution in [0.3, 0.4) is 0 Å². The normalized spacial score (nSPS) is 12.4. The van der Waals surface area contributed by atoms with E-state index in [2.05, 4.69) is 21.7 Å². The Morgan fingerprint density at radius 3 is 2.64 bits per heavy atom. The molecule has 6 nitrogen and oxygen atoms in total.